The first kappa shape index (κ1) is 23.3. The first-order valence-corrected chi connectivity index (χ1v) is 11.9. The zero-order valence-corrected chi connectivity index (χ0v) is 19.8. The van der Waals surface area contributed by atoms with Crippen LogP contribution in [0.25, 0.3) is 0 Å². The van der Waals surface area contributed by atoms with Gasteiger partial charge in [0.05, 0.1) is 28.7 Å². The van der Waals surface area contributed by atoms with Crippen molar-refractivity contribution < 1.29 is 14.3 Å². The van der Waals surface area contributed by atoms with E-state index in [1.165, 1.54) is 0 Å². The van der Waals surface area contributed by atoms with Crippen LogP contribution in [0.1, 0.15) is 54.2 Å². The summed E-state index contributed by atoms with van der Waals surface area (Å²) in [5.74, 6) is 1.07. The second kappa shape index (κ2) is 10.8. The van der Waals surface area contributed by atoms with Crippen molar-refractivity contribution in [3.63, 3.8) is 0 Å². The number of hydrogen-bond acceptors (Lipinski definition) is 5. The number of amides is 2. The van der Waals surface area contributed by atoms with Crippen LogP contribution in [0.3, 0.4) is 0 Å². The zero-order valence-electron chi connectivity index (χ0n) is 19.0. The predicted octanol–water partition coefficient (Wildman–Crippen LogP) is 4.18. The maximum atomic E-state index is 13.3. The van der Waals surface area contributed by atoms with Crippen molar-refractivity contribution in [3.05, 3.63) is 45.9 Å². The molecule has 0 spiro atoms. The van der Waals surface area contributed by atoms with Crippen LogP contribution < -0.4 is 4.74 Å². The van der Waals surface area contributed by atoms with Crippen molar-refractivity contribution in [1.82, 2.24) is 14.8 Å². The highest BCUT2D eigenvalue weighted by molar-refractivity contribution is 7.09. The van der Waals surface area contributed by atoms with Crippen LogP contribution in [-0.2, 0) is 11.2 Å². The van der Waals surface area contributed by atoms with Gasteiger partial charge in [-0.25, -0.2) is 4.98 Å². The summed E-state index contributed by atoms with van der Waals surface area (Å²) in [7, 11) is 1.82. The molecule has 1 aliphatic heterocycles. The molecule has 168 valence electrons. The van der Waals surface area contributed by atoms with E-state index in [4.69, 9.17) is 4.74 Å². The number of rotatable bonds is 4. The number of carbonyl (C=O) groups excluding carboxylic acids is 2. The molecule has 6 nitrogen and oxygen atoms in total. The minimum absolute atomic E-state index is 0.0246. The van der Waals surface area contributed by atoms with E-state index in [1.54, 1.807) is 16.2 Å². The highest BCUT2D eigenvalue weighted by Crippen LogP contribution is 2.23. The number of hydrogen-bond donors (Lipinski definition) is 0. The van der Waals surface area contributed by atoms with Crippen LogP contribution >= 0.6 is 11.3 Å². The van der Waals surface area contributed by atoms with Gasteiger partial charge >= 0.3 is 0 Å². The van der Waals surface area contributed by atoms with Gasteiger partial charge in [0.1, 0.15) is 12.4 Å². The number of carbonyl (C=O) groups is 2. The Bertz CT molecular complexity index is 896. The molecule has 2 aromatic rings. The quantitative estimate of drug-likeness (QED) is 0.711. The standard InChI is InChI=1S/C24H33N3O3S/c1-17(2)13-20-15-30-22-10-6-5-9-21(22)24(29)26(4)11-7-8-12-27(20)23(28)14-19-16-31-18(3)25-19/h5-6,9-10,16-17,20H,7-8,11-15H2,1-4H3/t20-/m0/s1. The number of benzene rings is 1. The fourth-order valence-corrected chi connectivity index (χ4v) is 4.59. The van der Waals surface area contributed by atoms with Gasteiger partial charge in [0.15, 0.2) is 0 Å². The van der Waals surface area contributed by atoms with E-state index in [9.17, 15) is 9.59 Å². The smallest absolute Gasteiger partial charge is 0.257 e. The van der Waals surface area contributed by atoms with E-state index in [1.807, 2.05) is 48.5 Å². The molecule has 0 radical (unpaired) electrons. The lowest BCUT2D eigenvalue weighted by Gasteiger charge is -2.34. The molecule has 1 aromatic heterocycles. The molecule has 1 aliphatic rings. The SMILES string of the molecule is Cc1nc(CC(=O)N2CCCCN(C)C(=O)c3ccccc3OC[C@@H]2CC(C)C)cs1. The predicted molar refractivity (Wildman–Crippen MR) is 124 cm³/mol. The minimum atomic E-state index is -0.0486. The van der Waals surface area contributed by atoms with Gasteiger partial charge in [-0.1, -0.05) is 26.0 Å². The Hall–Kier alpha value is -2.41. The van der Waals surface area contributed by atoms with Gasteiger partial charge in [0.2, 0.25) is 5.91 Å². The van der Waals surface area contributed by atoms with E-state index < -0.39 is 0 Å². The summed E-state index contributed by atoms with van der Waals surface area (Å²) in [6, 6.07) is 7.33. The minimum Gasteiger partial charge on any atom is -0.491 e. The maximum Gasteiger partial charge on any atom is 0.257 e. The topological polar surface area (TPSA) is 62.7 Å². The molecule has 0 N–H and O–H groups in total. The summed E-state index contributed by atoms with van der Waals surface area (Å²) in [5, 5.41) is 2.94. The van der Waals surface area contributed by atoms with Crippen molar-refractivity contribution in [2.45, 2.75) is 52.5 Å². The molecule has 0 bridgehead atoms. The second-order valence-corrected chi connectivity index (χ2v) is 9.71. The molecule has 1 atom stereocenters. The maximum absolute atomic E-state index is 13.3. The van der Waals surface area contributed by atoms with Gasteiger partial charge in [-0.3, -0.25) is 9.59 Å². The largest absolute Gasteiger partial charge is 0.491 e. The molecule has 7 heteroatoms. The van der Waals surface area contributed by atoms with Crippen LogP contribution in [0.15, 0.2) is 29.6 Å². The normalized spacial score (nSPS) is 18.2. The van der Waals surface area contributed by atoms with Crippen molar-refractivity contribution in [1.29, 1.82) is 0 Å². The molecule has 2 amide bonds. The Kier molecular flexibility index (Phi) is 8.07. The Labute approximate surface area is 189 Å². The summed E-state index contributed by atoms with van der Waals surface area (Å²) in [6.07, 6.45) is 2.85. The number of thiazole rings is 1. The summed E-state index contributed by atoms with van der Waals surface area (Å²) < 4.78 is 6.17. The highest BCUT2D eigenvalue weighted by Gasteiger charge is 2.27. The van der Waals surface area contributed by atoms with Gasteiger partial charge in [-0.2, -0.15) is 0 Å². The third-order valence-corrected chi connectivity index (χ3v) is 6.36. The highest BCUT2D eigenvalue weighted by atomic mass is 32.1. The molecule has 0 fully saturated rings. The average Bonchev–Trinajstić information content (AvgIpc) is 3.14. The Morgan fingerprint density at radius 1 is 1.26 bits per heavy atom. The fourth-order valence-electron chi connectivity index (χ4n) is 3.98. The van der Waals surface area contributed by atoms with Crippen molar-refractivity contribution >= 4 is 23.2 Å². The van der Waals surface area contributed by atoms with Gasteiger partial charge in [-0.15, -0.1) is 11.3 Å². The van der Waals surface area contributed by atoms with Crippen LogP contribution in [0, 0.1) is 12.8 Å². The van der Waals surface area contributed by atoms with Crippen molar-refractivity contribution in [2.75, 3.05) is 26.7 Å². The van der Waals surface area contributed by atoms with Gasteiger partial charge in [-0.05, 0) is 44.2 Å². The van der Waals surface area contributed by atoms with E-state index in [0.717, 1.165) is 30.0 Å². The second-order valence-electron chi connectivity index (χ2n) is 8.65. The molecular formula is C24H33N3O3S. The molecule has 3 rings (SSSR count). The van der Waals surface area contributed by atoms with E-state index >= 15 is 0 Å². The van der Waals surface area contributed by atoms with Crippen LogP contribution in [0.4, 0.5) is 0 Å². The molecular weight excluding hydrogens is 410 g/mol. The van der Waals surface area contributed by atoms with E-state index in [2.05, 4.69) is 18.8 Å². The summed E-state index contributed by atoms with van der Waals surface area (Å²) in [5.41, 5.74) is 1.41. The van der Waals surface area contributed by atoms with Crippen molar-refractivity contribution in [3.8, 4) is 5.75 Å². The van der Waals surface area contributed by atoms with Gasteiger partial charge < -0.3 is 14.5 Å². The van der Waals surface area contributed by atoms with Crippen LogP contribution in [0.5, 0.6) is 5.75 Å². The third kappa shape index (κ3) is 6.29. The summed E-state index contributed by atoms with van der Waals surface area (Å²) in [6.45, 7) is 7.96. The van der Waals surface area contributed by atoms with Crippen molar-refractivity contribution in [2.24, 2.45) is 5.92 Å². The van der Waals surface area contributed by atoms with Gasteiger partial charge in [0, 0.05) is 25.5 Å². The first-order valence-electron chi connectivity index (χ1n) is 11.0. The number of para-hydroxylation sites is 1. The third-order valence-electron chi connectivity index (χ3n) is 5.54. The lowest BCUT2D eigenvalue weighted by atomic mass is 10.0. The number of fused-ring (bicyclic) bond motifs is 1. The van der Waals surface area contributed by atoms with Crippen LogP contribution in [-0.4, -0.2) is 59.4 Å². The number of aromatic nitrogens is 1. The molecule has 1 aromatic carbocycles. The van der Waals surface area contributed by atoms with E-state index in [-0.39, 0.29) is 17.9 Å². The molecule has 0 saturated heterocycles. The summed E-state index contributed by atoms with van der Waals surface area (Å²) >= 11 is 1.57. The zero-order chi connectivity index (χ0) is 22.4. The Morgan fingerprint density at radius 2 is 2.00 bits per heavy atom. The number of ether oxygens (including phenoxy) is 1. The molecule has 0 saturated carbocycles. The van der Waals surface area contributed by atoms with E-state index in [0.29, 0.717) is 43.3 Å². The fraction of sp³-hybridized carbons (Fsp3) is 0.542. The summed E-state index contributed by atoms with van der Waals surface area (Å²) in [4.78, 5) is 34.4. The molecule has 0 unspecified atom stereocenters. The lowest BCUT2D eigenvalue weighted by Crippen LogP contribution is -2.46. The molecule has 2 heterocycles. The first-order chi connectivity index (χ1) is 14.8. The average molecular weight is 444 g/mol. The van der Waals surface area contributed by atoms with Crippen LogP contribution in [0.2, 0.25) is 0 Å². The number of aryl methyl sites for hydroxylation is 1. The Balaban J connectivity index is 1.86. The van der Waals surface area contributed by atoms with Gasteiger partial charge in [0.25, 0.3) is 5.91 Å². The molecule has 31 heavy (non-hydrogen) atoms. The molecule has 0 aliphatic carbocycles. The Morgan fingerprint density at radius 3 is 2.71 bits per heavy atom. The lowest BCUT2D eigenvalue weighted by molar-refractivity contribution is -0.134. The monoisotopic (exact) mass is 443 g/mol. The number of nitrogens with zero attached hydrogens (tertiary/aromatic N) is 3.